The van der Waals surface area contributed by atoms with E-state index in [1.54, 1.807) is 44.0 Å². The first-order chi connectivity index (χ1) is 10.8. The molecule has 1 N–H and O–H groups in total. The van der Waals surface area contributed by atoms with Crippen molar-refractivity contribution in [3.63, 3.8) is 0 Å². The van der Waals surface area contributed by atoms with Crippen LogP contribution in [0.1, 0.15) is 24.2 Å². The predicted octanol–water partition coefficient (Wildman–Crippen LogP) is 1.22. The Morgan fingerprint density at radius 3 is 2.61 bits per heavy atom. The standard InChI is InChI=1S/C17H19N3O3/c1-17(2)16(23)19(3)8-9-20(17)15(22)12-10-18-13-7-5-4-6-11(13)14(12)21/h4-7,10H,8-9H2,1-3H3,(H,18,21). The molecule has 1 fully saturated rings. The van der Waals surface area contributed by atoms with Crippen LogP contribution >= 0.6 is 0 Å². The van der Waals surface area contributed by atoms with E-state index in [9.17, 15) is 14.4 Å². The van der Waals surface area contributed by atoms with E-state index in [4.69, 9.17) is 0 Å². The van der Waals surface area contributed by atoms with Crippen molar-refractivity contribution in [3.8, 4) is 0 Å². The van der Waals surface area contributed by atoms with Crippen LogP contribution in [0, 0.1) is 0 Å². The van der Waals surface area contributed by atoms with Gasteiger partial charge in [-0.25, -0.2) is 0 Å². The van der Waals surface area contributed by atoms with Gasteiger partial charge in [-0.1, -0.05) is 12.1 Å². The second-order valence-electron chi connectivity index (χ2n) is 6.32. The van der Waals surface area contributed by atoms with Gasteiger partial charge in [0.2, 0.25) is 11.3 Å². The fourth-order valence-corrected chi connectivity index (χ4v) is 3.04. The summed E-state index contributed by atoms with van der Waals surface area (Å²) in [5.41, 5.74) is -0.536. The predicted molar refractivity (Wildman–Crippen MR) is 87.3 cm³/mol. The Labute approximate surface area is 133 Å². The van der Waals surface area contributed by atoms with E-state index >= 15 is 0 Å². The van der Waals surface area contributed by atoms with Crippen molar-refractivity contribution in [1.82, 2.24) is 14.8 Å². The number of pyridine rings is 1. The fraction of sp³-hybridized carbons (Fsp3) is 0.353. The lowest BCUT2D eigenvalue weighted by Crippen LogP contribution is -2.63. The van der Waals surface area contributed by atoms with Crippen molar-refractivity contribution in [1.29, 1.82) is 0 Å². The van der Waals surface area contributed by atoms with E-state index in [1.807, 2.05) is 6.07 Å². The molecule has 6 heteroatoms. The van der Waals surface area contributed by atoms with Gasteiger partial charge in [0.25, 0.3) is 5.91 Å². The van der Waals surface area contributed by atoms with Crippen molar-refractivity contribution in [2.24, 2.45) is 0 Å². The summed E-state index contributed by atoms with van der Waals surface area (Å²) in [6.45, 7) is 4.27. The summed E-state index contributed by atoms with van der Waals surface area (Å²) in [5.74, 6) is -0.544. The number of amides is 2. The lowest BCUT2D eigenvalue weighted by Gasteiger charge is -2.44. The van der Waals surface area contributed by atoms with Crippen molar-refractivity contribution in [3.05, 3.63) is 46.2 Å². The number of H-pyrrole nitrogens is 1. The molecule has 1 aromatic carbocycles. The van der Waals surface area contributed by atoms with Crippen molar-refractivity contribution in [2.45, 2.75) is 19.4 Å². The molecule has 2 amide bonds. The van der Waals surface area contributed by atoms with E-state index in [0.717, 1.165) is 0 Å². The number of benzene rings is 1. The number of aromatic nitrogens is 1. The molecule has 6 nitrogen and oxygen atoms in total. The Hall–Kier alpha value is -2.63. The first kappa shape index (κ1) is 15.3. The summed E-state index contributed by atoms with van der Waals surface area (Å²) in [6, 6.07) is 7.05. The minimum Gasteiger partial charge on any atom is -0.360 e. The molecule has 1 aliphatic rings. The molecule has 1 aromatic heterocycles. The molecule has 23 heavy (non-hydrogen) atoms. The highest BCUT2D eigenvalue weighted by Crippen LogP contribution is 2.23. The van der Waals surface area contributed by atoms with Crippen LogP contribution in [0.15, 0.2) is 35.3 Å². The Morgan fingerprint density at radius 1 is 1.17 bits per heavy atom. The van der Waals surface area contributed by atoms with E-state index < -0.39 is 11.4 Å². The molecule has 0 unspecified atom stereocenters. The normalized spacial score (nSPS) is 17.6. The molecule has 1 aliphatic heterocycles. The van der Waals surface area contributed by atoms with Crippen LogP contribution < -0.4 is 5.43 Å². The molecule has 0 radical (unpaired) electrons. The summed E-state index contributed by atoms with van der Waals surface area (Å²) in [6.07, 6.45) is 1.44. The number of para-hydroxylation sites is 1. The average Bonchev–Trinajstić information content (AvgIpc) is 2.53. The molecular formula is C17H19N3O3. The van der Waals surface area contributed by atoms with Gasteiger partial charge in [-0.3, -0.25) is 14.4 Å². The molecule has 3 rings (SSSR count). The Bertz CT molecular complexity index is 854. The maximum absolute atomic E-state index is 12.9. The number of hydrogen-bond donors (Lipinski definition) is 1. The average molecular weight is 313 g/mol. The number of hydrogen-bond acceptors (Lipinski definition) is 3. The minimum absolute atomic E-state index is 0.0640. The van der Waals surface area contributed by atoms with Gasteiger partial charge in [-0.15, -0.1) is 0 Å². The number of piperazine rings is 1. The van der Waals surface area contributed by atoms with Gasteiger partial charge in [0.15, 0.2) is 0 Å². The van der Waals surface area contributed by atoms with Crippen LogP contribution in [0.4, 0.5) is 0 Å². The summed E-state index contributed by atoms with van der Waals surface area (Å²) in [7, 11) is 1.72. The fourth-order valence-electron chi connectivity index (χ4n) is 3.04. The number of nitrogens with zero attached hydrogens (tertiary/aromatic N) is 2. The zero-order valence-electron chi connectivity index (χ0n) is 13.4. The molecule has 0 aliphatic carbocycles. The Kier molecular flexibility index (Phi) is 3.47. The van der Waals surface area contributed by atoms with Gasteiger partial charge in [-0.2, -0.15) is 0 Å². The number of nitrogens with one attached hydrogen (secondary N) is 1. The maximum atomic E-state index is 12.9. The van der Waals surface area contributed by atoms with Crippen molar-refractivity contribution >= 4 is 22.7 Å². The number of rotatable bonds is 1. The number of fused-ring (bicyclic) bond motifs is 1. The van der Waals surface area contributed by atoms with Crippen LogP contribution in [0.5, 0.6) is 0 Å². The van der Waals surface area contributed by atoms with Gasteiger partial charge < -0.3 is 14.8 Å². The van der Waals surface area contributed by atoms with Gasteiger partial charge in [0, 0.05) is 37.2 Å². The minimum atomic E-state index is -0.970. The monoisotopic (exact) mass is 313 g/mol. The first-order valence-corrected chi connectivity index (χ1v) is 7.52. The summed E-state index contributed by atoms with van der Waals surface area (Å²) in [4.78, 5) is 43.9. The van der Waals surface area contributed by atoms with Crippen LogP contribution in [0.25, 0.3) is 10.9 Å². The molecule has 0 saturated carbocycles. The highest BCUT2D eigenvalue weighted by Gasteiger charge is 2.43. The molecule has 2 aromatic rings. The maximum Gasteiger partial charge on any atom is 0.260 e. The number of aromatic amines is 1. The zero-order chi connectivity index (χ0) is 16.8. The molecule has 1 saturated heterocycles. The van der Waals surface area contributed by atoms with Gasteiger partial charge in [0.1, 0.15) is 11.1 Å². The third-order valence-corrected chi connectivity index (χ3v) is 4.47. The van der Waals surface area contributed by atoms with Crippen molar-refractivity contribution in [2.75, 3.05) is 20.1 Å². The lowest BCUT2D eigenvalue weighted by molar-refractivity contribution is -0.144. The third kappa shape index (κ3) is 2.30. The van der Waals surface area contributed by atoms with Gasteiger partial charge in [-0.05, 0) is 26.0 Å². The summed E-state index contributed by atoms with van der Waals surface area (Å²) in [5, 5.41) is 0.469. The molecular weight excluding hydrogens is 294 g/mol. The number of likely N-dealkylation sites (N-methyl/N-ethyl adjacent to an activating group) is 1. The van der Waals surface area contributed by atoms with E-state index in [1.165, 1.54) is 11.1 Å². The quantitative estimate of drug-likeness (QED) is 0.860. The zero-order valence-corrected chi connectivity index (χ0v) is 13.4. The molecule has 0 spiro atoms. The van der Waals surface area contributed by atoms with Gasteiger partial charge in [0.05, 0.1) is 0 Å². The van der Waals surface area contributed by atoms with Crippen LogP contribution in [0.2, 0.25) is 0 Å². The van der Waals surface area contributed by atoms with E-state index in [2.05, 4.69) is 4.98 Å². The largest absolute Gasteiger partial charge is 0.360 e. The molecule has 0 bridgehead atoms. The lowest BCUT2D eigenvalue weighted by atomic mass is 9.96. The smallest absolute Gasteiger partial charge is 0.260 e. The van der Waals surface area contributed by atoms with Crippen molar-refractivity contribution < 1.29 is 9.59 Å². The second kappa shape index (κ2) is 5.22. The highest BCUT2D eigenvalue weighted by atomic mass is 16.2. The summed E-state index contributed by atoms with van der Waals surface area (Å²) < 4.78 is 0. The van der Waals surface area contributed by atoms with Crippen LogP contribution in [0.3, 0.4) is 0 Å². The topological polar surface area (TPSA) is 73.5 Å². The van der Waals surface area contributed by atoms with Crippen LogP contribution in [-0.4, -0.2) is 52.3 Å². The number of carbonyl (C=O) groups excluding carboxylic acids is 2. The Balaban J connectivity index is 2.06. The first-order valence-electron chi connectivity index (χ1n) is 7.52. The number of carbonyl (C=O) groups is 2. The SMILES string of the molecule is CN1CCN(C(=O)c2c[nH]c3ccccc3c2=O)C(C)(C)C1=O. The van der Waals surface area contributed by atoms with E-state index in [0.29, 0.717) is 24.0 Å². The Morgan fingerprint density at radius 2 is 1.87 bits per heavy atom. The molecule has 2 heterocycles. The van der Waals surface area contributed by atoms with E-state index in [-0.39, 0.29) is 16.9 Å². The summed E-state index contributed by atoms with van der Waals surface area (Å²) >= 11 is 0. The van der Waals surface area contributed by atoms with Crippen LogP contribution in [-0.2, 0) is 4.79 Å². The second-order valence-corrected chi connectivity index (χ2v) is 6.32. The third-order valence-electron chi connectivity index (χ3n) is 4.47. The molecule has 0 atom stereocenters. The molecule has 120 valence electrons. The van der Waals surface area contributed by atoms with Gasteiger partial charge >= 0.3 is 0 Å². The highest BCUT2D eigenvalue weighted by molar-refractivity contribution is 6.01.